The molecule has 132 valence electrons. The summed E-state index contributed by atoms with van der Waals surface area (Å²) >= 11 is 0. The van der Waals surface area contributed by atoms with E-state index in [9.17, 15) is 9.18 Å². The number of nitrogens with one attached hydrogen (secondary N) is 2. The van der Waals surface area contributed by atoms with Crippen LogP contribution in [-0.2, 0) is 0 Å². The van der Waals surface area contributed by atoms with E-state index in [-0.39, 0.29) is 11.4 Å². The number of anilines is 3. The first-order chi connectivity index (χ1) is 12.5. The normalized spacial score (nSPS) is 10.6. The number of para-hydroxylation sites is 1. The van der Waals surface area contributed by atoms with Crippen LogP contribution in [0.2, 0.25) is 0 Å². The average Bonchev–Trinajstić information content (AvgIpc) is 2.64. The van der Waals surface area contributed by atoms with Crippen molar-refractivity contribution in [3.63, 3.8) is 0 Å². The van der Waals surface area contributed by atoms with E-state index in [1.54, 1.807) is 30.5 Å². The average molecular weight is 349 g/mol. The number of nitrogens with zero attached hydrogens (tertiary/aromatic N) is 1. The van der Waals surface area contributed by atoms with Crippen LogP contribution in [0.15, 0.2) is 66.9 Å². The lowest BCUT2D eigenvalue weighted by Crippen LogP contribution is -2.14. The van der Waals surface area contributed by atoms with Gasteiger partial charge in [0, 0.05) is 5.69 Å². The topological polar surface area (TPSA) is 54.0 Å². The van der Waals surface area contributed by atoms with Crippen molar-refractivity contribution < 1.29 is 9.18 Å². The molecule has 3 rings (SSSR count). The number of hydrogen-bond donors (Lipinski definition) is 2. The number of pyridine rings is 1. The molecule has 2 N–H and O–H groups in total. The zero-order chi connectivity index (χ0) is 18.5. The lowest BCUT2D eigenvalue weighted by atomic mass is 10.0. The molecule has 0 bridgehead atoms. The highest BCUT2D eigenvalue weighted by Crippen LogP contribution is 2.20. The molecular weight excluding hydrogens is 329 g/mol. The van der Waals surface area contributed by atoms with Crippen LogP contribution < -0.4 is 10.6 Å². The van der Waals surface area contributed by atoms with Gasteiger partial charge in [-0.2, -0.15) is 0 Å². The van der Waals surface area contributed by atoms with Crippen molar-refractivity contribution in [2.75, 3.05) is 10.6 Å². The maximum Gasteiger partial charge on any atom is 0.274 e. The third kappa shape index (κ3) is 4.25. The van der Waals surface area contributed by atoms with E-state index in [1.807, 2.05) is 12.1 Å². The molecule has 0 atom stereocenters. The SMILES string of the molecule is CC(C)c1ccc(Nc2ccc(C(=O)Nc3ccccc3F)nc2)cc1. The van der Waals surface area contributed by atoms with Crippen LogP contribution in [0.25, 0.3) is 0 Å². The van der Waals surface area contributed by atoms with E-state index < -0.39 is 11.7 Å². The highest BCUT2D eigenvalue weighted by molar-refractivity contribution is 6.03. The highest BCUT2D eigenvalue weighted by atomic mass is 19.1. The summed E-state index contributed by atoms with van der Waals surface area (Å²) in [7, 11) is 0. The van der Waals surface area contributed by atoms with Gasteiger partial charge in [0.1, 0.15) is 11.5 Å². The van der Waals surface area contributed by atoms with Crippen molar-refractivity contribution in [2.24, 2.45) is 0 Å². The van der Waals surface area contributed by atoms with Crippen LogP contribution in [0.4, 0.5) is 21.5 Å². The first-order valence-electron chi connectivity index (χ1n) is 8.42. The number of benzene rings is 2. The summed E-state index contributed by atoms with van der Waals surface area (Å²) < 4.78 is 13.6. The smallest absolute Gasteiger partial charge is 0.274 e. The van der Waals surface area contributed by atoms with Crippen LogP contribution in [0.1, 0.15) is 35.8 Å². The number of hydrogen-bond acceptors (Lipinski definition) is 3. The lowest BCUT2D eigenvalue weighted by molar-refractivity contribution is 0.102. The molecule has 0 fully saturated rings. The fraction of sp³-hybridized carbons (Fsp3) is 0.143. The Labute approximate surface area is 152 Å². The quantitative estimate of drug-likeness (QED) is 0.654. The molecule has 0 radical (unpaired) electrons. The van der Waals surface area contributed by atoms with Gasteiger partial charge in [0.05, 0.1) is 17.6 Å². The molecule has 0 saturated heterocycles. The van der Waals surface area contributed by atoms with Crippen molar-refractivity contribution >= 4 is 23.0 Å². The van der Waals surface area contributed by atoms with E-state index in [4.69, 9.17) is 0 Å². The molecule has 2 aromatic carbocycles. The van der Waals surface area contributed by atoms with E-state index in [0.29, 0.717) is 5.92 Å². The first kappa shape index (κ1) is 17.6. The highest BCUT2D eigenvalue weighted by Gasteiger charge is 2.10. The van der Waals surface area contributed by atoms with Gasteiger partial charge in [-0.25, -0.2) is 9.37 Å². The molecule has 1 heterocycles. The van der Waals surface area contributed by atoms with E-state index in [1.165, 1.54) is 17.7 Å². The largest absolute Gasteiger partial charge is 0.354 e. The summed E-state index contributed by atoms with van der Waals surface area (Å²) in [5.41, 5.74) is 3.33. The summed E-state index contributed by atoms with van der Waals surface area (Å²) in [6, 6.07) is 17.6. The number of aromatic nitrogens is 1. The van der Waals surface area contributed by atoms with Crippen LogP contribution in [0.5, 0.6) is 0 Å². The second-order valence-corrected chi connectivity index (χ2v) is 6.27. The minimum atomic E-state index is -0.482. The summed E-state index contributed by atoms with van der Waals surface area (Å²) in [6.07, 6.45) is 1.58. The Morgan fingerprint density at radius 2 is 1.65 bits per heavy atom. The van der Waals surface area contributed by atoms with Crippen LogP contribution in [0, 0.1) is 5.82 Å². The zero-order valence-electron chi connectivity index (χ0n) is 14.7. The molecule has 4 nitrogen and oxygen atoms in total. The minimum absolute atomic E-state index is 0.131. The fourth-order valence-corrected chi connectivity index (χ4v) is 2.47. The van der Waals surface area contributed by atoms with Crippen LogP contribution in [0.3, 0.4) is 0 Å². The molecule has 0 aliphatic carbocycles. The second kappa shape index (κ2) is 7.78. The maximum atomic E-state index is 13.6. The van der Waals surface area contributed by atoms with Crippen molar-refractivity contribution in [3.8, 4) is 0 Å². The molecule has 26 heavy (non-hydrogen) atoms. The maximum absolute atomic E-state index is 13.6. The molecule has 0 spiro atoms. The molecule has 1 aromatic heterocycles. The third-order valence-electron chi connectivity index (χ3n) is 3.98. The van der Waals surface area contributed by atoms with Gasteiger partial charge in [-0.3, -0.25) is 4.79 Å². The molecular formula is C21H20FN3O. The molecule has 0 unspecified atom stereocenters. The van der Waals surface area contributed by atoms with E-state index in [2.05, 4.69) is 41.6 Å². The van der Waals surface area contributed by atoms with Gasteiger partial charge >= 0.3 is 0 Å². The molecule has 0 aliphatic heterocycles. The lowest BCUT2D eigenvalue weighted by Gasteiger charge is -2.10. The van der Waals surface area contributed by atoms with Gasteiger partial charge in [0.25, 0.3) is 5.91 Å². The molecule has 3 aromatic rings. The van der Waals surface area contributed by atoms with Gasteiger partial charge < -0.3 is 10.6 Å². The Kier molecular flexibility index (Phi) is 5.27. The van der Waals surface area contributed by atoms with Crippen molar-refractivity contribution in [2.45, 2.75) is 19.8 Å². The summed E-state index contributed by atoms with van der Waals surface area (Å²) in [6.45, 7) is 4.30. The van der Waals surface area contributed by atoms with E-state index >= 15 is 0 Å². The summed E-state index contributed by atoms with van der Waals surface area (Å²) in [5.74, 6) is -0.454. The molecule has 0 saturated carbocycles. The van der Waals surface area contributed by atoms with Crippen molar-refractivity contribution in [1.29, 1.82) is 0 Å². The van der Waals surface area contributed by atoms with Gasteiger partial charge in [0.2, 0.25) is 0 Å². The number of amides is 1. The van der Waals surface area contributed by atoms with Gasteiger partial charge in [0.15, 0.2) is 0 Å². The minimum Gasteiger partial charge on any atom is -0.354 e. The number of carbonyl (C=O) groups is 1. The second-order valence-electron chi connectivity index (χ2n) is 6.27. The number of halogens is 1. The fourth-order valence-electron chi connectivity index (χ4n) is 2.47. The summed E-state index contributed by atoms with van der Waals surface area (Å²) in [4.78, 5) is 16.3. The van der Waals surface area contributed by atoms with Gasteiger partial charge in [-0.15, -0.1) is 0 Å². The van der Waals surface area contributed by atoms with Crippen molar-refractivity contribution in [1.82, 2.24) is 4.98 Å². The molecule has 1 amide bonds. The van der Waals surface area contributed by atoms with Gasteiger partial charge in [-0.1, -0.05) is 38.1 Å². The first-order valence-corrected chi connectivity index (χ1v) is 8.42. The Balaban J connectivity index is 1.66. The number of rotatable bonds is 5. The van der Waals surface area contributed by atoms with Crippen LogP contribution >= 0.6 is 0 Å². The van der Waals surface area contributed by atoms with Crippen molar-refractivity contribution in [3.05, 3.63) is 83.9 Å². The zero-order valence-corrected chi connectivity index (χ0v) is 14.7. The molecule has 0 aliphatic rings. The Morgan fingerprint density at radius 1 is 0.962 bits per heavy atom. The van der Waals surface area contributed by atoms with E-state index in [0.717, 1.165) is 11.4 Å². The standard InChI is InChI=1S/C21H20FN3O/c1-14(2)15-7-9-16(10-8-15)24-17-11-12-20(23-13-17)21(26)25-19-6-4-3-5-18(19)22/h3-14,24H,1-2H3,(H,25,26). The van der Waals surface area contributed by atoms with Crippen LogP contribution in [-0.4, -0.2) is 10.9 Å². The Hall–Kier alpha value is -3.21. The Morgan fingerprint density at radius 3 is 2.27 bits per heavy atom. The predicted octanol–water partition coefficient (Wildman–Crippen LogP) is 5.34. The third-order valence-corrected chi connectivity index (χ3v) is 3.98. The monoisotopic (exact) mass is 349 g/mol. The number of carbonyl (C=O) groups excluding carboxylic acids is 1. The Bertz CT molecular complexity index is 890. The predicted molar refractivity (Wildman–Crippen MR) is 102 cm³/mol. The van der Waals surface area contributed by atoms with Gasteiger partial charge in [-0.05, 0) is 47.9 Å². The molecule has 5 heteroatoms. The summed E-state index contributed by atoms with van der Waals surface area (Å²) in [5, 5.41) is 5.76.